The summed E-state index contributed by atoms with van der Waals surface area (Å²) in [6.45, 7) is 3.53. The molecule has 1 aromatic heterocycles. The lowest BCUT2D eigenvalue weighted by Gasteiger charge is -2.11. The Hall–Kier alpha value is -3.61. The molecule has 0 spiro atoms. The third kappa shape index (κ3) is 4.03. The van der Waals surface area contributed by atoms with Crippen molar-refractivity contribution in [1.82, 2.24) is 9.78 Å². The molecule has 7 nitrogen and oxygen atoms in total. The molecular formula is C21H21N3O4. The summed E-state index contributed by atoms with van der Waals surface area (Å²) in [5, 5.41) is 7.36. The molecule has 0 unspecified atom stereocenters. The number of aldehydes is 1. The van der Waals surface area contributed by atoms with Gasteiger partial charge in [0.05, 0.1) is 29.9 Å². The number of nitrogens with one attached hydrogen (secondary N) is 1. The lowest BCUT2D eigenvalue weighted by Crippen LogP contribution is -2.21. The van der Waals surface area contributed by atoms with Gasteiger partial charge in [-0.05, 0) is 44.2 Å². The quantitative estimate of drug-likeness (QED) is 0.637. The van der Waals surface area contributed by atoms with E-state index in [0.717, 1.165) is 17.7 Å². The molecule has 144 valence electrons. The largest absolute Gasteiger partial charge is 0.493 e. The highest BCUT2D eigenvalue weighted by molar-refractivity contribution is 5.93. The number of ether oxygens (including phenoxy) is 2. The highest BCUT2D eigenvalue weighted by Gasteiger charge is 2.16. The Morgan fingerprint density at radius 2 is 1.89 bits per heavy atom. The minimum atomic E-state index is -0.319. The van der Waals surface area contributed by atoms with E-state index in [2.05, 4.69) is 10.4 Å². The molecule has 0 aliphatic heterocycles. The number of carbonyl (C=O) groups is 2. The number of hydrogen-bond donors (Lipinski definition) is 1. The molecule has 7 heteroatoms. The van der Waals surface area contributed by atoms with E-state index in [9.17, 15) is 9.59 Å². The normalized spacial score (nSPS) is 10.4. The van der Waals surface area contributed by atoms with Crippen molar-refractivity contribution in [3.05, 3.63) is 65.5 Å². The van der Waals surface area contributed by atoms with Gasteiger partial charge in [0.25, 0.3) is 5.91 Å². The predicted molar refractivity (Wildman–Crippen MR) is 106 cm³/mol. The van der Waals surface area contributed by atoms with E-state index in [1.807, 2.05) is 44.2 Å². The van der Waals surface area contributed by atoms with Crippen LogP contribution in [-0.2, 0) is 4.79 Å². The first kappa shape index (κ1) is 19.2. The fourth-order valence-corrected chi connectivity index (χ4v) is 2.84. The van der Waals surface area contributed by atoms with Crippen molar-refractivity contribution >= 4 is 17.9 Å². The molecular weight excluding hydrogens is 358 g/mol. The molecule has 1 amide bonds. The second-order valence-electron chi connectivity index (χ2n) is 6.16. The molecule has 3 rings (SSSR count). The van der Waals surface area contributed by atoms with Crippen molar-refractivity contribution in [2.75, 3.05) is 19.0 Å². The lowest BCUT2D eigenvalue weighted by atomic mass is 10.2. The fraction of sp³-hybridized carbons (Fsp3) is 0.190. The number of para-hydroxylation sites is 1. The summed E-state index contributed by atoms with van der Waals surface area (Å²) < 4.78 is 12.5. The Morgan fingerprint density at radius 3 is 2.57 bits per heavy atom. The number of anilines is 1. The van der Waals surface area contributed by atoms with E-state index < -0.39 is 0 Å². The van der Waals surface area contributed by atoms with Crippen LogP contribution >= 0.6 is 0 Å². The number of aryl methyl sites for hydroxylation is 1. The van der Waals surface area contributed by atoms with Crippen LogP contribution in [0.25, 0.3) is 5.69 Å². The third-order valence-corrected chi connectivity index (χ3v) is 4.24. The SMILES string of the molecule is COc1cc(C=O)ccc1OCC(=O)Nc1c(C)nn(-c2ccccc2)c1C. The van der Waals surface area contributed by atoms with Gasteiger partial charge in [-0.2, -0.15) is 5.10 Å². The van der Waals surface area contributed by atoms with E-state index >= 15 is 0 Å². The van der Waals surface area contributed by atoms with Crippen LogP contribution in [-0.4, -0.2) is 35.7 Å². The first-order chi connectivity index (χ1) is 13.5. The van der Waals surface area contributed by atoms with E-state index in [1.165, 1.54) is 7.11 Å². The first-order valence-corrected chi connectivity index (χ1v) is 8.71. The molecule has 1 N–H and O–H groups in total. The maximum Gasteiger partial charge on any atom is 0.262 e. The summed E-state index contributed by atoms with van der Waals surface area (Å²) in [7, 11) is 1.47. The van der Waals surface area contributed by atoms with Crippen LogP contribution in [0.3, 0.4) is 0 Å². The average Bonchev–Trinajstić information content (AvgIpc) is 3.01. The summed E-state index contributed by atoms with van der Waals surface area (Å²) in [6.07, 6.45) is 0.717. The van der Waals surface area contributed by atoms with Crippen LogP contribution in [0.1, 0.15) is 21.7 Å². The van der Waals surface area contributed by atoms with Crippen molar-refractivity contribution in [1.29, 1.82) is 0 Å². The number of nitrogens with zero attached hydrogens (tertiary/aromatic N) is 2. The van der Waals surface area contributed by atoms with Crippen LogP contribution < -0.4 is 14.8 Å². The van der Waals surface area contributed by atoms with Crippen LogP contribution in [0.4, 0.5) is 5.69 Å². The minimum absolute atomic E-state index is 0.202. The van der Waals surface area contributed by atoms with Gasteiger partial charge in [0, 0.05) is 5.56 Å². The Labute approximate surface area is 162 Å². The lowest BCUT2D eigenvalue weighted by molar-refractivity contribution is -0.118. The Balaban J connectivity index is 1.71. The molecule has 0 aliphatic carbocycles. The smallest absolute Gasteiger partial charge is 0.262 e. The van der Waals surface area contributed by atoms with Gasteiger partial charge < -0.3 is 14.8 Å². The van der Waals surface area contributed by atoms with E-state index in [1.54, 1.807) is 22.9 Å². The van der Waals surface area contributed by atoms with Crippen LogP contribution in [0.2, 0.25) is 0 Å². The summed E-state index contributed by atoms with van der Waals surface area (Å²) >= 11 is 0. The summed E-state index contributed by atoms with van der Waals surface area (Å²) in [4.78, 5) is 23.2. The zero-order chi connectivity index (χ0) is 20.1. The van der Waals surface area contributed by atoms with Crippen molar-refractivity contribution in [3.63, 3.8) is 0 Å². The monoisotopic (exact) mass is 379 g/mol. The summed E-state index contributed by atoms with van der Waals surface area (Å²) in [6, 6.07) is 14.4. The Kier molecular flexibility index (Phi) is 5.74. The first-order valence-electron chi connectivity index (χ1n) is 8.71. The number of hydrogen-bond acceptors (Lipinski definition) is 5. The number of amides is 1. The van der Waals surface area contributed by atoms with E-state index in [-0.39, 0.29) is 12.5 Å². The highest BCUT2D eigenvalue weighted by Crippen LogP contribution is 2.28. The molecule has 0 saturated carbocycles. The topological polar surface area (TPSA) is 82.4 Å². The summed E-state index contributed by atoms with van der Waals surface area (Å²) in [5.41, 5.74) is 3.57. The minimum Gasteiger partial charge on any atom is -0.493 e. The van der Waals surface area contributed by atoms with Gasteiger partial charge in [-0.15, -0.1) is 0 Å². The van der Waals surface area contributed by atoms with E-state index in [4.69, 9.17) is 9.47 Å². The van der Waals surface area contributed by atoms with Gasteiger partial charge in [0.2, 0.25) is 0 Å². The van der Waals surface area contributed by atoms with Crippen molar-refractivity contribution in [2.45, 2.75) is 13.8 Å². The van der Waals surface area contributed by atoms with Crippen molar-refractivity contribution in [2.24, 2.45) is 0 Å². The average molecular weight is 379 g/mol. The molecule has 0 bridgehead atoms. The zero-order valence-corrected chi connectivity index (χ0v) is 15.9. The van der Waals surface area contributed by atoms with Gasteiger partial charge in [-0.1, -0.05) is 18.2 Å². The number of rotatable bonds is 7. The maximum absolute atomic E-state index is 12.4. The van der Waals surface area contributed by atoms with Crippen molar-refractivity contribution in [3.8, 4) is 17.2 Å². The molecule has 0 aliphatic rings. The number of aromatic nitrogens is 2. The predicted octanol–water partition coefficient (Wildman–Crippen LogP) is 3.33. The molecule has 28 heavy (non-hydrogen) atoms. The van der Waals surface area contributed by atoms with Crippen LogP contribution in [0.15, 0.2) is 48.5 Å². The van der Waals surface area contributed by atoms with Gasteiger partial charge in [-0.25, -0.2) is 4.68 Å². The zero-order valence-electron chi connectivity index (χ0n) is 15.9. The Morgan fingerprint density at radius 1 is 1.14 bits per heavy atom. The molecule has 1 heterocycles. The number of benzene rings is 2. The third-order valence-electron chi connectivity index (χ3n) is 4.24. The number of methoxy groups -OCH3 is 1. The molecule has 3 aromatic rings. The van der Waals surface area contributed by atoms with Gasteiger partial charge in [0.1, 0.15) is 6.29 Å². The maximum atomic E-state index is 12.4. The van der Waals surface area contributed by atoms with Gasteiger partial charge in [0.15, 0.2) is 18.1 Å². The second-order valence-corrected chi connectivity index (χ2v) is 6.16. The molecule has 0 atom stereocenters. The van der Waals surface area contributed by atoms with Gasteiger partial charge >= 0.3 is 0 Å². The molecule has 0 fully saturated rings. The molecule has 0 saturated heterocycles. The second kappa shape index (κ2) is 8.39. The van der Waals surface area contributed by atoms with E-state index in [0.29, 0.717) is 28.4 Å². The molecule has 0 radical (unpaired) electrons. The standard InChI is InChI=1S/C21H21N3O4/c1-14-21(15(2)24(23-14)17-7-5-4-6-8-17)22-20(26)13-28-18-10-9-16(12-25)11-19(18)27-3/h4-12H,13H2,1-3H3,(H,22,26). The fourth-order valence-electron chi connectivity index (χ4n) is 2.84. The Bertz CT molecular complexity index is 996. The summed E-state index contributed by atoms with van der Waals surface area (Å²) in [5.74, 6) is 0.457. The number of carbonyl (C=O) groups excluding carboxylic acids is 2. The van der Waals surface area contributed by atoms with Crippen molar-refractivity contribution < 1.29 is 19.1 Å². The van der Waals surface area contributed by atoms with Crippen LogP contribution in [0, 0.1) is 13.8 Å². The van der Waals surface area contributed by atoms with Crippen LogP contribution in [0.5, 0.6) is 11.5 Å². The van der Waals surface area contributed by atoms with Gasteiger partial charge in [-0.3, -0.25) is 9.59 Å². The highest BCUT2D eigenvalue weighted by atomic mass is 16.5. The molecule has 2 aromatic carbocycles.